The molecule has 1 saturated carbocycles. The van der Waals surface area contributed by atoms with Gasteiger partial charge in [0.15, 0.2) is 0 Å². The highest BCUT2D eigenvalue weighted by Gasteiger charge is 2.24. The molecule has 1 aromatic rings. The minimum Gasteiger partial charge on any atom is -0.491 e. The number of benzene rings is 1. The predicted molar refractivity (Wildman–Crippen MR) is 90.2 cm³/mol. The molecule has 0 bridgehead atoms. The van der Waals surface area contributed by atoms with Gasteiger partial charge in [-0.1, -0.05) is 30.5 Å². The van der Waals surface area contributed by atoms with Crippen molar-refractivity contribution in [2.45, 2.75) is 50.0 Å². The molecule has 4 heteroatoms. The summed E-state index contributed by atoms with van der Waals surface area (Å²) in [6.45, 7) is 3.00. The first-order valence-electron chi connectivity index (χ1n) is 7.82. The van der Waals surface area contributed by atoms with E-state index in [1.54, 1.807) is 0 Å². The van der Waals surface area contributed by atoms with Crippen LogP contribution in [-0.4, -0.2) is 41.9 Å². The molecule has 0 saturated heterocycles. The third-order valence-electron chi connectivity index (χ3n) is 4.08. The average Bonchev–Trinajstić information content (AvgIpc) is 2.52. The van der Waals surface area contributed by atoms with Crippen molar-refractivity contribution in [3.63, 3.8) is 0 Å². The minimum absolute atomic E-state index is 0.340. The number of aliphatic hydroxyl groups excluding tert-OH is 1. The number of thioether (sulfide) groups is 1. The molecule has 0 aliphatic heterocycles. The fourth-order valence-corrected chi connectivity index (χ4v) is 3.75. The van der Waals surface area contributed by atoms with Crippen LogP contribution >= 0.6 is 11.8 Å². The second-order valence-electron chi connectivity index (χ2n) is 5.85. The quantitative estimate of drug-likeness (QED) is 0.812. The number of hydrogen-bond acceptors (Lipinski definition) is 4. The Morgan fingerprint density at radius 3 is 2.71 bits per heavy atom. The summed E-state index contributed by atoms with van der Waals surface area (Å²) < 4.78 is 5.62. The van der Waals surface area contributed by atoms with E-state index >= 15 is 0 Å². The van der Waals surface area contributed by atoms with E-state index in [2.05, 4.69) is 18.5 Å². The molecule has 2 N–H and O–H groups in total. The van der Waals surface area contributed by atoms with Gasteiger partial charge in [-0.05, 0) is 38.2 Å². The van der Waals surface area contributed by atoms with Crippen molar-refractivity contribution < 1.29 is 9.84 Å². The average molecular weight is 309 g/mol. The van der Waals surface area contributed by atoms with E-state index in [9.17, 15) is 5.11 Å². The van der Waals surface area contributed by atoms with Gasteiger partial charge in [-0.2, -0.15) is 11.8 Å². The molecule has 0 radical (unpaired) electrons. The Balaban J connectivity index is 1.69. The van der Waals surface area contributed by atoms with Crippen LogP contribution in [0, 0.1) is 6.92 Å². The lowest BCUT2D eigenvalue weighted by Crippen LogP contribution is -2.44. The summed E-state index contributed by atoms with van der Waals surface area (Å²) in [7, 11) is 0. The smallest absolute Gasteiger partial charge is 0.119 e. The molecule has 0 spiro atoms. The highest BCUT2D eigenvalue weighted by Crippen LogP contribution is 2.27. The molecule has 3 unspecified atom stereocenters. The summed E-state index contributed by atoms with van der Waals surface area (Å²) in [5, 5.41) is 14.3. The number of aryl methyl sites for hydroxylation is 1. The van der Waals surface area contributed by atoms with Gasteiger partial charge >= 0.3 is 0 Å². The molecular formula is C17H27NO2S. The molecule has 0 heterocycles. The van der Waals surface area contributed by atoms with Gasteiger partial charge in [0.1, 0.15) is 18.5 Å². The van der Waals surface area contributed by atoms with Gasteiger partial charge in [0.05, 0.1) is 0 Å². The number of aliphatic hydroxyl groups is 1. The van der Waals surface area contributed by atoms with Crippen molar-refractivity contribution in [2.24, 2.45) is 0 Å². The third kappa shape index (κ3) is 5.53. The fourth-order valence-electron chi connectivity index (χ4n) is 2.79. The molecule has 21 heavy (non-hydrogen) atoms. The normalized spacial score (nSPS) is 23.8. The van der Waals surface area contributed by atoms with E-state index in [0.717, 1.165) is 5.75 Å². The second-order valence-corrected chi connectivity index (χ2v) is 6.93. The Kier molecular flexibility index (Phi) is 6.87. The van der Waals surface area contributed by atoms with Gasteiger partial charge in [0.2, 0.25) is 0 Å². The lowest BCUT2D eigenvalue weighted by molar-refractivity contribution is 0.102. The van der Waals surface area contributed by atoms with Gasteiger partial charge in [-0.3, -0.25) is 0 Å². The Hall–Kier alpha value is -0.710. The van der Waals surface area contributed by atoms with Crippen LogP contribution in [0.1, 0.15) is 31.2 Å². The van der Waals surface area contributed by atoms with Gasteiger partial charge in [-0.25, -0.2) is 0 Å². The zero-order chi connectivity index (χ0) is 15.1. The van der Waals surface area contributed by atoms with Crippen LogP contribution in [0.2, 0.25) is 0 Å². The molecule has 1 aliphatic rings. The van der Waals surface area contributed by atoms with Crippen LogP contribution in [-0.2, 0) is 0 Å². The first-order valence-corrected chi connectivity index (χ1v) is 9.11. The number of hydrogen-bond donors (Lipinski definition) is 2. The lowest BCUT2D eigenvalue weighted by Gasteiger charge is -2.31. The molecule has 1 aliphatic carbocycles. The maximum absolute atomic E-state index is 10.1. The molecule has 0 aromatic heterocycles. The van der Waals surface area contributed by atoms with Gasteiger partial charge in [0, 0.05) is 17.8 Å². The molecule has 2 rings (SSSR count). The van der Waals surface area contributed by atoms with Crippen molar-refractivity contribution in [1.29, 1.82) is 0 Å². The van der Waals surface area contributed by atoms with E-state index < -0.39 is 6.10 Å². The summed E-state index contributed by atoms with van der Waals surface area (Å²) in [6, 6.07) is 8.46. The molecule has 0 amide bonds. The third-order valence-corrected chi connectivity index (χ3v) is 5.25. The van der Waals surface area contributed by atoms with Crippen LogP contribution < -0.4 is 10.1 Å². The first-order chi connectivity index (χ1) is 10.2. The van der Waals surface area contributed by atoms with Crippen LogP contribution in [0.15, 0.2) is 24.3 Å². The molecule has 118 valence electrons. The van der Waals surface area contributed by atoms with E-state index in [4.69, 9.17) is 4.74 Å². The van der Waals surface area contributed by atoms with Gasteiger partial charge in [-0.15, -0.1) is 0 Å². The number of nitrogens with one attached hydrogen (secondary N) is 1. The Morgan fingerprint density at radius 2 is 2.00 bits per heavy atom. The maximum Gasteiger partial charge on any atom is 0.119 e. The van der Waals surface area contributed by atoms with E-state index in [1.807, 2.05) is 36.0 Å². The number of rotatable bonds is 7. The summed E-state index contributed by atoms with van der Waals surface area (Å²) in [6.07, 6.45) is 6.86. The molecule has 1 fully saturated rings. The lowest BCUT2D eigenvalue weighted by atomic mass is 9.95. The molecule has 3 nitrogen and oxygen atoms in total. The van der Waals surface area contributed by atoms with Crippen LogP contribution in [0.25, 0.3) is 0 Å². The molecular weight excluding hydrogens is 282 g/mol. The standard InChI is InChI=1S/C17H27NO2S/c1-13-7-9-15(10-8-13)20-12-14(19)11-18-16-5-3-4-6-17(16)21-2/h7-10,14,16-19H,3-6,11-12H2,1-2H3. The Labute approximate surface area is 132 Å². The topological polar surface area (TPSA) is 41.5 Å². The van der Waals surface area contributed by atoms with E-state index in [-0.39, 0.29) is 0 Å². The van der Waals surface area contributed by atoms with Crippen molar-refractivity contribution in [1.82, 2.24) is 5.32 Å². The second kappa shape index (κ2) is 8.66. The number of ether oxygens (including phenoxy) is 1. The summed E-state index contributed by atoms with van der Waals surface area (Å²) >= 11 is 1.94. The van der Waals surface area contributed by atoms with E-state index in [1.165, 1.54) is 31.2 Å². The van der Waals surface area contributed by atoms with Crippen molar-refractivity contribution in [2.75, 3.05) is 19.4 Å². The first kappa shape index (κ1) is 16.7. The fraction of sp³-hybridized carbons (Fsp3) is 0.647. The summed E-state index contributed by atoms with van der Waals surface area (Å²) in [5.41, 5.74) is 1.21. The monoisotopic (exact) mass is 309 g/mol. The highest BCUT2D eigenvalue weighted by molar-refractivity contribution is 7.99. The Bertz CT molecular complexity index is 410. The van der Waals surface area contributed by atoms with Crippen LogP contribution in [0.5, 0.6) is 5.75 Å². The zero-order valence-electron chi connectivity index (χ0n) is 13.0. The SMILES string of the molecule is CSC1CCCCC1NCC(O)COc1ccc(C)cc1. The maximum atomic E-state index is 10.1. The molecule has 3 atom stereocenters. The highest BCUT2D eigenvalue weighted by atomic mass is 32.2. The summed E-state index contributed by atoms with van der Waals surface area (Å²) in [5.74, 6) is 0.819. The van der Waals surface area contributed by atoms with E-state index in [0.29, 0.717) is 24.4 Å². The molecule has 1 aromatic carbocycles. The van der Waals surface area contributed by atoms with Crippen LogP contribution in [0.3, 0.4) is 0 Å². The van der Waals surface area contributed by atoms with Crippen molar-refractivity contribution >= 4 is 11.8 Å². The van der Waals surface area contributed by atoms with Crippen LogP contribution in [0.4, 0.5) is 0 Å². The largest absolute Gasteiger partial charge is 0.491 e. The van der Waals surface area contributed by atoms with Crippen molar-refractivity contribution in [3.8, 4) is 5.75 Å². The van der Waals surface area contributed by atoms with Gasteiger partial charge < -0.3 is 15.2 Å². The van der Waals surface area contributed by atoms with Crippen molar-refractivity contribution in [3.05, 3.63) is 29.8 Å². The summed E-state index contributed by atoms with van der Waals surface area (Å²) in [4.78, 5) is 0. The zero-order valence-corrected chi connectivity index (χ0v) is 13.9. The predicted octanol–water partition coefficient (Wildman–Crippen LogP) is 3.00. The van der Waals surface area contributed by atoms with Gasteiger partial charge in [0.25, 0.3) is 0 Å². The minimum atomic E-state index is -0.462. The Morgan fingerprint density at radius 1 is 1.29 bits per heavy atom.